The SMILES string of the molecule is COc1cccc(CNC(=O)c2ccccc2N2C(=O)[C@@H]3Cc4c([nH]c5ccccc45)[C@@H](c4ccc(C(C)C)cc4)N3C2=O)c1. The van der Waals surface area contributed by atoms with Gasteiger partial charge in [-0.15, -0.1) is 0 Å². The van der Waals surface area contributed by atoms with E-state index in [1.807, 2.05) is 42.5 Å². The van der Waals surface area contributed by atoms with E-state index in [9.17, 15) is 14.4 Å². The van der Waals surface area contributed by atoms with Gasteiger partial charge in [-0.1, -0.05) is 80.6 Å². The molecule has 0 saturated carbocycles. The lowest BCUT2D eigenvalue weighted by atomic mass is 9.88. The molecule has 5 aromatic rings. The van der Waals surface area contributed by atoms with Crippen LogP contribution in [0.3, 0.4) is 0 Å². The Balaban J connectivity index is 1.26. The Morgan fingerprint density at radius 1 is 0.956 bits per heavy atom. The van der Waals surface area contributed by atoms with Gasteiger partial charge in [-0.05, 0) is 58.5 Å². The second-order valence-electron chi connectivity index (χ2n) is 11.9. The Morgan fingerprint density at radius 3 is 2.49 bits per heavy atom. The third-order valence-corrected chi connectivity index (χ3v) is 8.94. The van der Waals surface area contributed by atoms with E-state index >= 15 is 0 Å². The van der Waals surface area contributed by atoms with Crippen LogP contribution in [0.1, 0.15) is 64.1 Å². The standard InChI is InChI=1S/C37H34N4O4/c1-22(2)24-15-17-25(18-16-24)34-33-29(27-11-4-6-13-30(27)39-33)20-32-36(43)41(37(44)40(32)34)31-14-7-5-12-28(31)35(42)38-21-23-9-8-10-26(19-23)45-3/h4-19,22,32,34,39H,20-21H2,1-3H3,(H,38,42)/t32-,34+/m0/s1. The average Bonchev–Trinajstić information content (AvgIpc) is 3.56. The number of H-pyrrole nitrogens is 1. The maximum absolute atomic E-state index is 14.4. The molecule has 2 N–H and O–H groups in total. The van der Waals surface area contributed by atoms with Gasteiger partial charge >= 0.3 is 6.03 Å². The average molecular weight is 599 g/mol. The number of carbonyl (C=O) groups is 3. The van der Waals surface area contributed by atoms with Crippen LogP contribution >= 0.6 is 0 Å². The largest absolute Gasteiger partial charge is 0.497 e. The minimum Gasteiger partial charge on any atom is -0.497 e. The van der Waals surface area contributed by atoms with Gasteiger partial charge in [-0.25, -0.2) is 9.69 Å². The lowest BCUT2D eigenvalue weighted by Gasteiger charge is -2.36. The number of methoxy groups -OCH3 is 1. The summed E-state index contributed by atoms with van der Waals surface area (Å²) in [5.41, 5.74) is 6.43. The molecule has 0 bridgehead atoms. The van der Waals surface area contributed by atoms with Crippen molar-refractivity contribution in [1.29, 1.82) is 0 Å². The van der Waals surface area contributed by atoms with Crippen LogP contribution in [0.25, 0.3) is 10.9 Å². The highest BCUT2D eigenvalue weighted by molar-refractivity contribution is 6.24. The maximum Gasteiger partial charge on any atom is 0.332 e. The molecular formula is C37H34N4O4. The highest BCUT2D eigenvalue weighted by atomic mass is 16.5. The van der Waals surface area contributed by atoms with E-state index in [0.29, 0.717) is 18.1 Å². The molecule has 226 valence electrons. The molecule has 2 aliphatic rings. The predicted octanol–water partition coefficient (Wildman–Crippen LogP) is 6.71. The van der Waals surface area contributed by atoms with Crippen molar-refractivity contribution in [3.63, 3.8) is 0 Å². The van der Waals surface area contributed by atoms with E-state index in [1.165, 1.54) is 10.5 Å². The Bertz CT molecular complexity index is 1940. The molecule has 3 heterocycles. The quantitative estimate of drug-likeness (QED) is 0.204. The summed E-state index contributed by atoms with van der Waals surface area (Å²) in [6.07, 6.45) is 0.380. The second-order valence-corrected chi connectivity index (χ2v) is 11.9. The van der Waals surface area contributed by atoms with Gasteiger partial charge in [0.25, 0.3) is 11.8 Å². The van der Waals surface area contributed by atoms with E-state index in [-0.39, 0.29) is 29.6 Å². The Labute approximate surface area is 261 Å². The van der Waals surface area contributed by atoms with Gasteiger partial charge in [0.1, 0.15) is 17.8 Å². The number of benzene rings is 4. The van der Waals surface area contributed by atoms with Crippen LogP contribution in [-0.4, -0.2) is 40.9 Å². The number of hydrogen-bond donors (Lipinski definition) is 2. The molecule has 0 unspecified atom stereocenters. The molecule has 8 nitrogen and oxygen atoms in total. The number of amides is 4. The van der Waals surface area contributed by atoms with Gasteiger partial charge in [-0.3, -0.25) is 14.5 Å². The second kappa shape index (κ2) is 11.3. The fourth-order valence-corrected chi connectivity index (χ4v) is 6.63. The summed E-state index contributed by atoms with van der Waals surface area (Å²) < 4.78 is 5.30. The number of para-hydroxylation sites is 2. The van der Waals surface area contributed by atoms with Crippen molar-refractivity contribution in [3.8, 4) is 5.75 Å². The first-order chi connectivity index (χ1) is 21.9. The van der Waals surface area contributed by atoms with Gasteiger partial charge in [0.05, 0.1) is 18.4 Å². The van der Waals surface area contributed by atoms with E-state index < -0.39 is 18.1 Å². The Morgan fingerprint density at radius 2 is 1.71 bits per heavy atom. The summed E-state index contributed by atoms with van der Waals surface area (Å²) in [5.74, 6) is 0.334. The first-order valence-electron chi connectivity index (χ1n) is 15.2. The molecule has 7 rings (SSSR count). The molecule has 45 heavy (non-hydrogen) atoms. The van der Waals surface area contributed by atoms with Crippen LogP contribution in [-0.2, 0) is 17.8 Å². The fourth-order valence-electron chi connectivity index (χ4n) is 6.63. The minimum atomic E-state index is -0.716. The molecule has 8 heteroatoms. The van der Waals surface area contributed by atoms with Crippen LogP contribution < -0.4 is 15.0 Å². The number of nitrogens with zero attached hydrogens (tertiary/aromatic N) is 2. The van der Waals surface area contributed by atoms with Crippen LogP contribution in [0.5, 0.6) is 5.75 Å². The predicted molar refractivity (Wildman–Crippen MR) is 173 cm³/mol. The zero-order chi connectivity index (χ0) is 31.2. The molecule has 1 saturated heterocycles. The molecule has 0 spiro atoms. The number of urea groups is 1. The van der Waals surface area contributed by atoms with Crippen LogP contribution in [0.2, 0.25) is 0 Å². The van der Waals surface area contributed by atoms with Crippen molar-refractivity contribution in [2.24, 2.45) is 0 Å². The highest BCUT2D eigenvalue weighted by Crippen LogP contribution is 2.45. The Kier molecular flexibility index (Phi) is 7.12. The van der Waals surface area contributed by atoms with Gasteiger partial charge in [0, 0.05) is 29.6 Å². The van der Waals surface area contributed by atoms with Gasteiger partial charge < -0.3 is 15.0 Å². The number of imide groups is 1. The number of fused-ring (bicyclic) bond motifs is 4. The van der Waals surface area contributed by atoms with Crippen molar-refractivity contribution in [1.82, 2.24) is 15.2 Å². The number of nitrogens with one attached hydrogen (secondary N) is 2. The van der Waals surface area contributed by atoms with Crippen molar-refractivity contribution in [2.45, 2.75) is 44.8 Å². The zero-order valence-corrected chi connectivity index (χ0v) is 25.4. The van der Waals surface area contributed by atoms with Gasteiger partial charge in [-0.2, -0.15) is 0 Å². The number of rotatable bonds is 7. The van der Waals surface area contributed by atoms with Crippen LogP contribution in [0.4, 0.5) is 10.5 Å². The van der Waals surface area contributed by atoms with Gasteiger partial charge in [0.15, 0.2) is 0 Å². The summed E-state index contributed by atoms with van der Waals surface area (Å²) in [5, 5.41) is 3.99. The molecular weight excluding hydrogens is 564 g/mol. The number of aromatic nitrogens is 1. The van der Waals surface area contributed by atoms with E-state index in [4.69, 9.17) is 4.74 Å². The van der Waals surface area contributed by atoms with E-state index in [2.05, 4.69) is 54.5 Å². The maximum atomic E-state index is 14.4. The number of ether oxygens (including phenoxy) is 1. The fraction of sp³-hybridized carbons (Fsp3) is 0.216. The lowest BCUT2D eigenvalue weighted by Crippen LogP contribution is -2.44. The molecule has 1 fully saturated rings. The van der Waals surface area contributed by atoms with Crippen LogP contribution in [0, 0.1) is 0 Å². The summed E-state index contributed by atoms with van der Waals surface area (Å²) in [7, 11) is 1.59. The van der Waals surface area contributed by atoms with E-state index in [0.717, 1.165) is 33.3 Å². The molecule has 0 aliphatic carbocycles. The molecule has 4 aromatic carbocycles. The summed E-state index contributed by atoms with van der Waals surface area (Å²) in [6, 6.07) is 28.9. The normalized spacial score (nSPS) is 17.5. The Hall–Kier alpha value is -5.37. The lowest BCUT2D eigenvalue weighted by molar-refractivity contribution is -0.120. The monoisotopic (exact) mass is 598 g/mol. The van der Waals surface area contributed by atoms with Crippen molar-refractivity contribution >= 4 is 34.4 Å². The third kappa shape index (κ3) is 4.83. The summed E-state index contributed by atoms with van der Waals surface area (Å²) in [6.45, 7) is 4.55. The van der Waals surface area contributed by atoms with Crippen molar-refractivity contribution in [2.75, 3.05) is 12.0 Å². The molecule has 2 aliphatic heterocycles. The van der Waals surface area contributed by atoms with E-state index in [1.54, 1.807) is 36.3 Å². The summed E-state index contributed by atoms with van der Waals surface area (Å²) in [4.78, 5) is 48.7. The number of hydrogen-bond acceptors (Lipinski definition) is 4. The topological polar surface area (TPSA) is 94.7 Å². The molecule has 1 aromatic heterocycles. The summed E-state index contributed by atoms with van der Waals surface area (Å²) >= 11 is 0. The number of anilines is 1. The molecule has 2 atom stereocenters. The zero-order valence-electron chi connectivity index (χ0n) is 25.4. The first kappa shape index (κ1) is 28.4. The highest BCUT2D eigenvalue weighted by Gasteiger charge is 2.53. The number of aromatic amines is 1. The van der Waals surface area contributed by atoms with Gasteiger partial charge in [0.2, 0.25) is 0 Å². The minimum absolute atomic E-state index is 0.253. The number of carbonyl (C=O) groups excluding carboxylic acids is 3. The smallest absolute Gasteiger partial charge is 0.332 e. The van der Waals surface area contributed by atoms with Crippen LogP contribution in [0.15, 0.2) is 97.1 Å². The molecule has 0 radical (unpaired) electrons. The molecule has 4 amide bonds. The van der Waals surface area contributed by atoms with Crippen molar-refractivity contribution < 1.29 is 19.1 Å². The van der Waals surface area contributed by atoms with Crippen molar-refractivity contribution in [3.05, 3.63) is 131 Å². The third-order valence-electron chi connectivity index (χ3n) is 8.94. The first-order valence-corrected chi connectivity index (χ1v) is 15.2.